The number of benzene rings is 1. The lowest BCUT2D eigenvalue weighted by molar-refractivity contribution is 0.347. The first-order valence-electron chi connectivity index (χ1n) is 6.71. The van der Waals surface area contributed by atoms with E-state index in [1.165, 1.54) is 0 Å². The van der Waals surface area contributed by atoms with Crippen molar-refractivity contribution in [3.05, 3.63) is 30.1 Å². The monoisotopic (exact) mass is 293 g/mol. The molecule has 0 aliphatic carbocycles. The predicted octanol–water partition coefficient (Wildman–Crippen LogP) is 3.23. The highest BCUT2D eigenvalue weighted by atomic mass is 19.1. The molecule has 2 rings (SSSR count). The van der Waals surface area contributed by atoms with Crippen LogP contribution < -0.4 is 15.8 Å². The van der Waals surface area contributed by atoms with Gasteiger partial charge in [0, 0.05) is 23.7 Å². The third kappa shape index (κ3) is 4.19. The number of rotatable bonds is 5. The van der Waals surface area contributed by atoms with Crippen LogP contribution in [0.4, 0.5) is 10.4 Å². The maximum atomic E-state index is 12.4. The Hall–Kier alpha value is -2.08. The minimum atomic E-state index is -0.137. The van der Waals surface area contributed by atoms with E-state index in [0.717, 1.165) is 5.52 Å². The van der Waals surface area contributed by atoms with Crippen molar-refractivity contribution in [1.82, 2.24) is 4.98 Å². The molecule has 0 aliphatic rings. The van der Waals surface area contributed by atoms with Crippen LogP contribution in [0.1, 0.15) is 20.8 Å². The summed E-state index contributed by atoms with van der Waals surface area (Å²) in [5.74, 6) is 0.578. The van der Waals surface area contributed by atoms with Crippen molar-refractivity contribution < 1.29 is 13.5 Å². The van der Waals surface area contributed by atoms with Crippen molar-refractivity contribution in [1.29, 1.82) is 0 Å². The summed E-state index contributed by atoms with van der Waals surface area (Å²) in [5, 5.41) is 3.16. The topological polar surface area (TPSA) is 73.3 Å². The first-order chi connectivity index (χ1) is 9.91. The van der Waals surface area contributed by atoms with Gasteiger partial charge in [0.15, 0.2) is 5.58 Å². The second-order valence-corrected chi connectivity index (χ2v) is 5.78. The molecule has 5 nitrogen and oxygen atoms in total. The van der Waals surface area contributed by atoms with Gasteiger partial charge in [0.2, 0.25) is 0 Å². The minimum Gasteiger partial charge on any atom is -0.489 e. The fourth-order valence-electron chi connectivity index (χ4n) is 1.68. The molecule has 3 N–H and O–H groups in total. The lowest BCUT2D eigenvalue weighted by atomic mass is 10.1. The van der Waals surface area contributed by atoms with Gasteiger partial charge in [-0.2, -0.15) is 4.98 Å². The zero-order valence-corrected chi connectivity index (χ0v) is 12.4. The summed E-state index contributed by atoms with van der Waals surface area (Å²) >= 11 is 0. The number of nitrogens with one attached hydrogen (secondary N) is 1. The molecule has 21 heavy (non-hydrogen) atoms. The van der Waals surface area contributed by atoms with E-state index in [1.807, 2.05) is 20.8 Å². The van der Waals surface area contributed by atoms with Crippen molar-refractivity contribution in [3.8, 4) is 5.75 Å². The van der Waals surface area contributed by atoms with Crippen molar-refractivity contribution in [2.75, 3.05) is 18.5 Å². The molecule has 0 aliphatic heterocycles. The summed E-state index contributed by atoms with van der Waals surface area (Å²) in [6.45, 7) is 6.30. The lowest BCUT2D eigenvalue weighted by Crippen LogP contribution is -2.26. The SMILES string of the molecule is CC(C)(C)Nc1nc2ccc(OCC(=CF)CN)cc2o1. The van der Waals surface area contributed by atoms with Crippen LogP contribution >= 0.6 is 0 Å². The first kappa shape index (κ1) is 15.3. The van der Waals surface area contributed by atoms with Crippen LogP contribution in [0, 0.1) is 0 Å². The van der Waals surface area contributed by atoms with Gasteiger partial charge < -0.3 is 20.2 Å². The maximum Gasteiger partial charge on any atom is 0.296 e. The fraction of sp³-hybridized carbons (Fsp3) is 0.400. The summed E-state index contributed by atoms with van der Waals surface area (Å²) in [4.78, 5) is 4.34. The molecule has 0 atom stereocenters. The molecule has 1 aromatic heterocycles. The van der Waals surface area contributed by atoms with Gasteiger partial charge in [0.1, 0.15) is 17.9 Å². The maximum absolute atomic E-state index is 12.4. The molecule has 6 heteroatoms. The molecule has 0 fully saturated rings. The Labute approximate surface area is 123 Å². The number of halogens is 1. The molecule has 1 heterocycles. The highest BCUT2D eigenvalue weighted by Gasteiger charge is 2.14. The van der Waals surface area contributed by atoms with Crippen LogP contribution in [-0.4, -0.2) is 23.7 Å². The van der Waals surface area contributed by atoms with Gasteiger partial charge in [-0.3, -0.25) is 0 Å². The molecule has 0 bridgehead atoms. The number of hydrogen-bond acceptors (Lipinski definition) is 5. The van der Waals surface area contributed by atoms with E-state index in [4.69, 9.17) is 14.9 Å². The van der Waals surface area contributed by atoms with Gasteiger partial charge in [-0.25, -0.2) is 4.39 Å². The van der Waals surface area contributed by atoms with Gasteiger partial charge >= 0.3 is 0 Å². The average Bonchev–Trinajstić information content (AvgIpc) is 2.78. The Morgan fingerprint density at radius 1 is 1.48 bits per heavy atom. The zero-order valence-electron chi connectivity index (χ0n) is 12.4. The summed E-state index contributed by atoms with van der Waals surface area (Å²) in [5.41, 5.74) is 6.97. The molecule has 0 unspecified atom stereocenters. The van der Waals surface area contributed by atoms with Crippen molar-refractivity contribution in [3.63, 3.8) is 0 Å². The molecule has 2 aromatic rings. The molecule has 0 radical (unpaired) electrons. The molecular formula is C15H20FN3O2. The fourth-order valence-corrected chi connectivity index (χ4v) is 1.68. The highest BCUT2D eigenvalue weighted by Crippen LogP contribution is 2.25. The van der Waals surface area contributed by atoms with Crippen LogP contribution in [0.15, 0.2) is 34.5 Å². The second kappa shape index (κ2) is 6.13. The summed E-state index contributed by atoms with van der Waals surface area (Å²) in [7, 11) is 0. The molecule has 0 saturated carbocycles. The molecular weight excluding hydrogens is 273 g/mol. The van der Waals surface area contributed by atoms with E-state index >= 15 is 0 Å². The minimum absolute atomic E-state index is 0.111. The lowest BCUT2D eigenvalue weighted by Gasteiger charge is -2.18. The van der Waals surface area contributed by atoms with Crippen molar-refractivity contribution in [2.24, 2.45) is 5.73 Å². The van der Waals surface area contributed by atoms with Crippen LogP contribution in [0.25, 0.3) is 11.1 Å². The standard InChI is InChI=1S/C15H20FN3O2/c1-15(2,3)19-14-18-12-5-4-11(6-13(12)21-14)20-9-10(7-16)8-17/h4-7H,8-9,17H2,1-3H3,(H,18,19). The van der Waals surface area contributed by atoms with Crippen LogP contribution in [0.3, 0.4) is 0 Å². The Kier molecular flexibility index (Phi) is 4.47. The van der Waals surface area contributed by atoms with Gasteiger partial charge in [0.05, 0.1) is 6.33 Å². The third-order valence-corrected chi connectivity index (χ3v) is 2.68. The number of anilines is 1. The van der Waals surface area contributed by atoms with E-state index in [1.54, 1.807) is 18.2 Å². The smallest absolute Gasteiger partial charge is 0.296 e. The second-order valence-electron chi connectivity index (χ2n) is 5.78. The van der Waals surface area contributed by atoms with Gasteiger partial charge in [-0.05, 0) is 32.9 Å². The van der Waals surface area contributed by atoms with Crippen LogP contribution in [0.5, 0.6) is 5.75 Å². The number of hydrogen-bond donors (Lipinski definition) is 2. The van der Waals surface area contributed by atoms with E-state index in [2.05, 4.69) is 10.3 Å². The van der Waals surface area contributed by atoms with Crippen molar-refractivity contribution in [2.45, 2.75) is 26.3 Å². The summed E-state index contributed by atoms with van der Waals surface area (Å²) < 4.78 is 23.5. The Bertz CT molecular complexity index is 644. The number of nitrogens with two attached hydrogens (primary N) is 1. The Balaban J connectivity index is 2.14. The van der Waals surface area contributed by atoms with Gasteiger partial charge in [-0.1, -0.05) is 0 Å². The van der Waals surface area contributed by atoms with Gasteiger partial charge in [0.25, 0.3) is 6.01 Å². The van der Waals surface area contributed by atoms with Crippen molar-refractivity contribution >= 4 is 17.1 Å². The third-order valence-electron chi connectivity index (χ3n) is 2.68. The van der Waals surface area contributed by atoms with Gasteiger partial charge in [-0.15, -0.1) is 0 Å². The first-order valence-corrected chi connectivity index (χ1v) is 6.71. The summed E-state index contributed by atoms with van der Waals surface area (Å²) in [6.07, 6.45) is 0.471. The number of aromatic nitrogens is 1. The zero-order chi connectivity index (χ0) is 15.5. The van der Waals surface area contributed by atoms with E-state index in [9.17, 15) is 4.39 Å². The van der Waals surface area contributed by atoms with E-state index < -0.39 is 0 Å². The Morgan fingerprint density at radius 2 is 2.24 bits per heavy atom. The Morgan fingerprint density at radius 3 is 2.86 bits per heavy atom. The highest BCUT2D eigenvalue weighted by molar-refractivity contribution is 5.76. The molecule has 0 spiro atoms. The van der Waals surface area contributed by atoms with E-state index in [-0.39, 0.29) is 18.7 Å². The number of fused-ring (bicyclic) bond motifs is 1. The number of nitrogens with zero attached hydrogens (tertiary/aromatic N) is 1. The predicted molar refractivity (Wildman–Crippen MR) is 81.1 cm³/mol. The molecule has 0 saturated heterocycles. The summed E-state index contributed by atoms with van der Waals surface area (Å²) in [6, 6.07) is 5.74. The van der Waals surface area contributed by atoms with Crippen LogP contribution in [0.2, 0.25) is 0 Å². The largest absolute Gasteiger partial charge is 0.489 e. The molecule has 114 valence electrons. The van der Waals surface area contributed by atoms with Crippen LogP contribution in [-0.2, 0) is 0 Å². The normalized spacial score (nSPS) is 12.7. The quantitative estimate of drug-likeness (QED) is 0.885. The van der Waals surface area contributed by atoms with E-state index in [0.29, 0.717) is 29.3 Å². The molecule has 0 amide bonds. The number of oxazole rings is 1. The number of ether oxygens (including phenoxy) is 1. The average molecular weight is 293 g/mol. The molecule has 1 aromatic carbocycles.